The monoisotopic (exact) mass is 428 g/mol. The van der Waals surface area contributed by atoms with Crippen LogP contribution in [0, 0.1) is 0 Å². The van der Waals surface area contributed by atoms with Crippen LogP contribution in [-0.4, -0.2) is 16.1 Å². The van der Waals surface area contributed by atoms with Crippen molar-refractivity contribution in [1.29, 1.82) is 0 Å². The normalized spacial score (nSPS) is 14.4. The highest BCUT2D eigenvalue weighted by atomic mass is 35.5. The molecule has 31 heavy (non-hydrogen) atoms. The number of carbonyl (C=O) groups is 1. The average Bonchev–Trinajstić information content (AvgIpc) is 3.56. The lowest BCUT2D eigenvalue weighted by Gasteiger charge is -2.21. The molecule has 154 valence electrons. The summed E-state index contributed by atoms with van der Waals surface area (Å²) in [7, 11) is 0. The number of nitrogens with one attached hydrogen (secondary N) is 1. The van der Waals surface area contributed by atoms with Crippen LogP contribution in [0.1, 0.15) is 39.9 Å². The Bertz CT molecular complexity index is 1260. The molecule has 2 N–H and O–H groups in total. The number of halogens is 1. The summed E-state index contributed by atoms with van der Waals surface area (Å²) in [6, 6.07) is 23.4. The maximum atomic E-state index is 11.2. The van der Waals surface area contributed by atoms with Crippen LogP contribution in [0.25, 0.3) is 10.8 Å². The van der Waals surface area contributed by atoms with Gasteiger partial charge >= 0.3 is 5.97 Å². The van der Waals surface area contributed by atoms with E-state index in [1.807, 2.05) is 36.5 Å². The highest BCUT2D eigenvalue weighted by Gasteiger charge is 2.45. The second-order valence-corrected chi connectivity index (χ2v) is 8.50. The van der Waals surface area contributed by atoms with Crippen LogP contribution < -0.4 is 5.32 Å². The van der Waals surface area contributed by atoms with Gasteiger partial charge in [0, 0.05) is 16.6 Å². The van der Waals surface area contributed by atoms with Crippen LogP contribution >= 0.6 is 11.6 Å². The Morgan fingerprint density at radius 2 is 1.74 bits per heavy atom. The zero-order valence-electron chi connectivity index (χ0n) is 16.8. The van der Waals surface area contributed by atoms with Crippen molar-refractivity contribution >= 4 is 34.2 Å². The smallest absolute Gasteiger partial charge is 0.335 e. The van der Waals surface area contributed by atoms with E-state index in [9.17, 15) is 9.90 Å². The number of nitrogens with zero attached hydrogens (tertiary/aromatic N) is 1. The maximum absolute atomic E-state index is 11.2. The third kappa shape index (κ3) is 3.87. The van der Waals surface area contributed by atoms with E-state index >= 15 is 0 Å². The highest BCUT2D eigenvalue weighted by Crippen LogP contribution is 2.49. The van der Waals surface area contributed by atoms with Crippen molar-refractivity contribution < 1.29 is 9.90 Å². The van der Waals surface area contributed by atoms with Gasteiger partial charge in [0.15, 0.2) is 0 Å². The van der Waals surface area contributed by atoms with Gasteiger partial charge in [0.25, 0.3) is 0 Å². The summed E-state index contributed by atoms with van der Waals surface area (Å²) in [4.78, 5) is 15.9. The fraction of sp³-hybridized carbons (Fsp3) is 0.154. The number of benzene rings is 3. The molecule has 0 unspecified atom stereocenters. The van der Waals surface area contributed by atoms with E-state index in [1.165, 1.54) is 11.1 Å². The highest BCUT2D eigenvalue weighted by molar-refractivity contribution is 6.30. The van der Waals surface area contributed by atoms with Gasteiger partial charge in [-0.1, -0.05) is 54.1 Å². The molecule has 0 amide bonds. The number of hydrogen-bond acceptors (Lipinski definition) is 3. The van der Waals surface area contributed by atoms with Gasteiger partial charge in [0.05, 0.1) is 11.1 Å². The molecule has 0 aliphatic heterocycles. The van der Waals surface area contributed by atoms with Crippen LogP contribution in [0.3, 0.4) is 0 Å². The number of aromatic nitrogens is 1. The summed E-state index contributed by atoms with van der Waals surface area (Å²) < 4.78 is 0. The lowest BCUT2D eigenvalue weighted by atomic mass is 9.98. The zero-order valence-corrected chi connectivity index (χ0v) is 17.6. The van der Waals surface area contributed by atoms with E-state index in [0.717, 1.165) is 46.4 Å². The summed E-state index contributed by atoms with van der Waals surface area (Å²) >= 11 is 6.05. The molecule has 1 fully saturated rings. The molecule has 1 aromatic heterocycles. The lowest BCUT2D eigenvalue weighted by molar-refractivity contribution is 0.0697. The summed E-state index contributed by atoms with van der Waals surface area (Å²) in [5.74, 6) is -0.0474. The lowest BCUT2D eigenvalue weighted by Crippen LogP contribution is -2.20. The van der Waals surface area contributed by atoms with Crippen molar-refractivity contribution in [3.8, 4) is 0 Å². The minimum Gasteiger partial charge on any atom is -0.478 e. The van der Waals surface area contributed by atoms with Gasteiger partial charge in [-0.2, -0.15) is 0 Å². The summed E-state index contributed by atoms with van der Waals surface area (Å²) in [6.07, 6.45) is 4.59. The predicted molar refractivity (Wildman–Crippen MR) is 124 cm³/mol. The van der Waals surface area contributed by atoms with E-state index in [2.05, 4.69) is 35.6 Å². The van der Waals surface area contributed by atoms with Gasteiger partial charge in [-0.3, -0.25) is 0 Å². The zero-order chi connectivity index (χ0) is 21.4. The average molecular weight is 429 g/mol. The molecule has 0 atom stereocenters. The summed E-state index contributed by atoms with van der Waals surface area (Å²) in [5.41, 5.74) is 3.58. The molecule has 1 saturated carbocycles. The fourth-order valence-electron chi connectivity index (χ4n) is 4.14. The third-order valence-corrected chi connectivity index (χ3v) is 6.23. The van der Waals surface area contributed by atoms with Gasteiger partial charge in [-0.25, -0.2) is 9.78 Å². The molecule has 0 spiro atoms. The molecular formula is C26H21ClN2O2. The first kappa shape index (κ1) is 19.6. The van der Waals surface area contributed by atoms with Crippen molar-refractivity contribution in [1.82, 2.24) is 4.98 Å². The van der Waals surface area contributed by atoms with E-state index < -0.39 is 5.97 Å². The van der Waals surface area contributed by atoms with Crippen LogP contribution in [0.15, 0.2) is 79.0 Å². The summed E-state index contributed by atoms with van der Waals surface area (Å²) in [5, 5.41) is 15.9. The topological polar surface area (TPSA) is 62.2 Å². The Balaban J connectivity index is 1.51. The van der Waals surface area contributed by atoms with Crippen LogP contribution in [0.5, 0.6) is 0 Å². The standard InChI is InChI=1S/C26H21ClN2O2/c27-22-10-4-17(5-11-22)16-20-3-1-2-18-12-15-28-24(23(18)20)29-26(13-14-26)21-8-6-19(7-9-21)25(30)31/h1-12,15H,13-14,16H2,(H,28,29)(H,30,31). The molecule has 1 aliphatic rings. The number of carboxylic acid groups (broad SMARTS) is 1. The SMILES string of the molecule is O=C(O)c1ccc(C2(Nc3nccc4cccc(Cc5ccc(Cl)cc5)c34)CC2)cc1. The van der Waals surface area contributed by atoms with Crippen molar-refractivity contribution in [2.75, 3.05) is 5.32 Å². The van der Waals surface area contributed by atoms with Gasteiger partial charge in [0.2, 0.25) is 0 Å². The van der Waals surface area contributed by atoms with Crippen LogP contribution in [-0.2, 0) is 12.0 Å². The van der Waals surface area contributed by atoms with Gasteiger partial charge < -0.3 is 10.4 Å². The second kappa shape index (κ2) is 7.71. The third-order valence-electron chi connectivity index (χ3n) is 5.98. The predicted octanol–water partition coefficient (Wildman–Crippen LogP) is 6.28. The van der Waals surface area contributed by atoms with Crippen molar-refractivity contribution in [2.45, 2.75) is 24.8 Å². The van der Waals surface area contributed by atoms with E-state index in [4.69, 9.17) is 16.6 Å². The van der Waals surface area contributed by atoms with Crippen LogP contribution in [0.2, 0.25) is 5.02 Å². The molecule has 5 heteroatoms. The second-order valence-electron chi connectivity index (χ2n) is 8.07. The van der Waals surface area contributed by atoms with Crippen molar-refractivity contribution in [3.05, 3.63) is 106 Å². The minimum absolute atomic E-state index is 0.203. The Kier molecular flexibility index (Phi) is 4.87. The molecule has 4 aromatic rings. The number of carboxylic acids is 1. The van der Waals surface area contributed by atoms with Gasteiger partial charge in [-0.15, -0.1) is 0 Å². The Morgan fingerprint density at radius 3 is 2.42 bits per heavy atom. The molecule has 3 aromatic carbocycles. The first-order valence-electron chi connectivity index (χ1n) is 10.3. The molecule has 1 heterocycles. The Hall–Kier alpha value is -3.37. The number of fused-ring (bicyclic) bond motifs is 1. The molecule has 0 bridgehead atoms. The van der Waals surface area contributed by atoms with Gasteiger partial charge in [0.1, 0.15) is 5.82 Å². The molecule has 1 aliphatic carbocycles. The van der Waals surface area contributed by atoms with Gasteiger partial charge in [-0.05, 0) is 71.7 Å². The molecule has 0 radical (unpaired) electrons. The number of aromatic carboxylic acids is 1. The molecule has 0 saturated heterocycles. The number of anilines is 1. The maximum Gasteiger partial charge on any atom is 0.335 e. The first-order chi connectivity index (χ1) is 15.0. The number of pyridine rings is 1. The van der Waals surface area contributed by atoms with E-state index in [0.29, 0.717) is 5.56 Å². The Morgan fingerprint density at radius 1 is 1.00 bits per heavy atom. The van der Waals surface area contributed by atoms with E-state index in [1.54, 1.807) is 12.1 Å². The van der Waals surface area contributed by atoms with Crippen molar-refractivity contribution in [2.24, 2.45) is 0 Å². The Labute approximate surface area is 185 Å². The summed E-state index contributed by atoms with van der Waals surface area (Å²) in [6.45, 7) is 0. The minimum atomic E-state index is -0.910. The largest absolute Gasteiger partial charge is 0.478 e. The first-order valence-corrected chi connectivity index (χ1v) is 10.6. The quantitative estimate of drug-likeness (QED) is 0.379. The fourth-order valence-corrected chi connectivity index (χ4v) is 4.26. The molecular weight excluding hydrogens is 408 g/mol. The van der Waals surface area contributed by atoms with E-state index in [-0.39, 0.29) is 5.54 Å². The van der Waals surface area contributed by atoms with Crippen molar-refractivity contribution in [3.63, 3.8) is 0 Å². The number of rotatable bonds is 6. The number of hydrogen-bond donors (Lipinski definition) is 2. The molecule has 5 rings (SSSR count). The molecule has 4 nitrogen and oxygen atoms in total. The van der Waals surface area contributed by atoms with Crippen LogP contribution in [0.4, 0.5) is 5.82 Å².